The Labute approximate surface area is 115 Å². The summed E-state index contributed by atoms with van der Waals surface area (Å²) in [4.78, 5) is 11.6. The van der Waals surface area contributed by atoms with Crippen LogP contribution in [0.4, 0.5) is 10.1 Å². The van der Waals surface area contributed by atoms with Gasteiger partial charge in [-0.3, -0.25) is 4.79 Å². The van der Waals surface area contributed by atoms with Gasteiger partial charge in [-0.1, -0.05) is 18.2 Å². The molecule has 0 spiro atoms. The molecule has 0 bridgehead atoms. The van der Waals surface area contributed by atoms with E-state index in [-0.39, 0.29) is 24.9 Å². The van der Waals surface area contributed by atoms with Gasteiger partial charge in [0.2, 0.25) is 0 Å². The van der Waals surface area contributed by atoms with Crippen LogP contribution in [0, 0.1) is 5.82 Å². The number of aliphatic hydroxyl groups is 1. The molecule has 0 heterocycles. The van der Waals surface area contributed by atoms with E-state index in [0.717, 1.165) is 6.07 Å². The maximum Gasteiger partial charge on any atom is 0.262 e. The van der Waals surface area contributed by atoms with Crippen LogP contribution in [-0.2, 0) is 11.4 Å². The number of hydrogen-bond donors (Lipinski definition) is 2. The molecule has 0 saturated heterocycles. The van der Waals surface area contributed by atoms with Crippen molar-refractivity contribution in [2.24, 2.45) is 0 Å². The Bertz CT molecular complexity index is 587. The maximum atomic E-state index is 13.2. The SMILES string of the molecule is O=C(COc1cc(F)cc(CO)c1)Nc1ccccc1. The van der Waals surface area contributed by atoms with Gasteiger partial charge in [0.05, 0.1) is 6.61 Å². The number of ether oxygens (including phenoxy) is 1. The fourth-order valence-electron chi connectivity index (χ4n) is 1.66. The van der Waals surface area contributed by atoms with Crippen molar-refractivity contribution in [1.29, 1.82) is 0 Å². The highest BCUT2D eigenvalue weighted by molar-refractivity contribution is 5.91. The summed E-state index contributed by atoms with van der Waals surface area (Å²) < 4.78 is 18.4. The number of carbonyl (C=O) groups excluding carboxylic acids is 1. The van der Waals surface area contributed by atoms with Gasteiger partial charge in [-0.15, -0.1) is 0 Å². The van der Waals surface area contributed by atoms with Crippen molar-refractivity contribution in [2.75, 3.05) is 11.9 Å². The highest BCUT2D eigenvalue weighted by Crippen LogP contribution is 2.16. The number of anilines is 1. The second-order valence-corrected chi connectivity index (χ2v) is 4.16. The Hall–Kier alpha value is -2.40. The quantitative estimate of drug-likeness (QED) is 0.880. The predicted molar refractivity (Wildman–Crippen MR) is 72.9 cm³/mol. The summed E-state index contributed by atoms with van der Waals surface area (Å²) >= 11 is 0. The molecule has 0 aromatic heterocycles. The Balaban J connectivity index is 1.92. The molecule has 2 aromatic carbocycles. The standard InChI is InChI=1S/C15H14FNO3/c16-12-6-11(9-18)7-14(8-12)20-10-15(19)17-13-4-2-1-3-5-13/h1-8,18H,9-10H2,(H,17,19). The first-order valence-electron chi connectivity index (χ1n) is 6.05. The van der Waals surface area contributed by atoms with Crippen molar-refractivity contribution in [3.8, 4) is 5.75 Å². The predicted octanol–water partition coefficient (Wildman–Crippen LogP) is 2.34. The minimum Gasteiger partial charge on any atom is -0.484 e. The van der Waals surface area contributed by atoms with Crippen LogP contribution in [0.1, 0.15) is 5.56 Å². The molecule has 2 aromatic rings. The number of hydrogen-bond acceptors (Lipinski definition) is 3. The molecular formula is C15H14FNO3. The number of halogens is 1. The van der Waals surface area contributed by atoms with E-state index >= 15 is 0 Å². The lowest BCUT2D eigenvalue weighted by Gasteiger charge is -2.08. The van der Waals surface area contributed by atoms with Gasteiger partial charge in [-0.25, -0.2) is 4.39 Å². The van der Waals surface area contributed by atoms with Crippen LogP contribution in [0.25, 0.3) is 0 Å². The third kappa shape index (κ3) is 4.07. The van der Waals surface area contributed by atoms with E-state index in [1.807, 2.05) is 6.07 Å². The van der Waals surface area contributed by atoms with Gasteiger partial charge in [0.15, 0.2) is 6.61 Å². The lowest BCUT2D eigenvalue weighted by atomic mass is 10.2. The van der Waals surface area contributed by atoms with E-state index in [1.165, 1.54) is 12.1 Å². The largest absolute Gasteiger partial charge is 0.484 e. The van der Waals surface area contributed by atoms with Crippen molar-refractivity contribution in [3.05, 3.63) is 59.9 Å². The van der Waals surface area contributed by atoms with Crippen LogP contribution < -0.4 is 10.1 Å². The average molecular weight is 275 g/mol. The molecule has 0 fully saturated rings. The van der Waals surface area contributed by atoms with Gasteiger partial charge in [0.25, 0.3) is 5.91 Å². The van der Waals surface area contributed by atoms with Crippen molar-refractivity contribution >= 4 is 11.6 Å². The van der Waals surface area contributed by atoms with E-state index in [2.05, 4.69) is 5.32 Å². The van der Waals surface area contributed by atoms with Crippen molar-refractivity contribution < 1.29 is 19.0 Å². The summed E-state index contributed by atoms with van der Waals surface area (Å²) in [7, 11) is 0. The van der Waals surface area contributed by atoms with Gasteiger partial charge in [-0.05, 0) is 29.8 Å². The number of carbonyl (C=O) groups is 1. The average Bonchev–Trinajstić information content (AvgIpc) is 2.45. The zero-order valence-corrected chi connectivity index (χ0v) is 10.7. The van der Waals surface area contributed by atoms with Crippen LogP contribution in [0.3, 0.4) is 0 Å². The summed E-state index contributed by atoms with van der Waals surface area (Å²) in [6, 6.07) is 12.8. The van der Waals surface area contributed by atoms with E-state index < -0.39 is 5.82 Å². The molecule has 2 N–H and O–H groups in total. The van der Waals surface area contributed by atoms with Gasteiger partial charge in [0.1, 0.15) is 11.6 Å². The Kier molecular flexibility index (Phi) is 4.68. The number of aliphatic hydroxyl groups excluding tert-OH is 1. The van der Waals surface area contributed by atoms with E-state index in [0.29, 0.717) is 11.3 Å². The van der Waals surface area contributed by atoms with Crippen molar-refractivity contribution in [3.63, 3.8) is 0 Å². The normalized spacial score (nSPS) is 10.1. The van der Waals surface area contributed by atoms with E-state index in [4.69, 9.17) is 9.84 Å². The van der Waals surface area contributed by atoms with Crippen LogP contribution in [0.5, 0.6) is 5.75 Å². The fraction of sp³-hybridized carbons (Fsp3) is 0.133. The summed E-state index contributed by atoms with van der Waals surface area (Å²) in [6.45, 7) is -0.520. The molecule has 104 valence electrons. The van der Waals surface area contributed by atoms with Crippen LogP contribution in [-0.4, -0.2) is 17.6 Å². The lowest BCUT2D eigenvalue weighted by Crippen LogP contribution is -2.20. The van der Waals surface area contributed by atoms with Crippen LogP contribution in [0.2, 0.25) is 0 Å². The van der Waals surface area contributed by atoms with Gasteiger partial charge in [0, 0.05) is 11.8 Å². The molecule has 1 amide bonds. The Morgan fingerprint density at radius 2 is 1.95 bits per heavy atom. The number of rotatable bonds is 5. The molecular weight excluding hydrogens is 261 g/mol. The molecule has 0 atom stereocenters. The van der Waals surface area contributed by atoms with Crippen LogP contribution >= 0.6 is 0 Å². The molecule has 0 aliphatic heterocycles. The first-order valence-corrected chi connectivity index (χ1v) is 6.05. The molecule has 0 saturated carbocycles. The molecule has 5 heteroatoms. The molecule has 0 unspecified atom stereocenters. The first kappa shape index (κ1) is 14.0. The summed E-state index contributed by atoms with van der Waals surface area (Å²) in [5.74, 6) is -0.654. The Morgan fingerprint density at radius 3 is 2.65 bits per heavy atom. The fourth-order valence-corrected chi connectivity index (χ4v) is 1.66. The minimum atomic E-state index is -0.519. The zero-order valence-electron chi connectivity index (χ0n) is 10.7. The first-order chi connectivity index (χ1) is 9.67. The number of para-hydroxylation sites is 1. The topological polar surface area (TPSA) is 58.6 Å². The third-order valence-corrected chi connectivity index (χ3v) is 2.54. The zero-order chi connectivity index (χ0) is 14.4. The second kappa shape index (κ2) is 6.68. The molecule has 0 aliphatic rings. The van der Waals surface area contributed by atoms with Gasteiger partial charge in [-0.2, -0.15) is 0 Å². The van der Waals surface area contributed by atoms with Gasteiger partial charge >= 0.3 is 0 Å². The molecule has 0 radical (unpaired) electrons. The van der Waals surface area contributed by atoms with Crippen molar-refractivity contribution in [2.45, 2.75) is 6.61 Å². The summed E-state index contributed by atoms with van der Waals surface area (Å²) in [6.07, 6.45) is 0. The second-order valence-electron chi connectivity index (χ2n) is 4.16. The van der Waals surface area contributed by atoms with Crippen LogP contribution in [0.15, 0.2) is 48.5 Å². The number of benzene rings is 2. The van der Waals surface area contributed by atoms with Gasteiger partial charge < -0.3 is 15.2 Å². The number of amides is 1. The van der Waals surface area contributed by atoms with Crippen molar-refractivity contribution in [1.82, 2.24) is 0 Å². The monoisotopic (exact) mass is 275 g/mol. The molecule has 2 rings (SSSR count). The highest BCUT2D eigenvalue weighted by atomic mass is 19.1. The van der Waals surface area contributed by atoms with E-state index in [9.17, 15) is 9.18 Å². The number of nitrogens with one attached hydrogen (secondary N) is 1. The third-order valence-electron chi connectivity index (χ3n) is 2.54. The summed E-state index contributed by atoms with van der Waals surface area (Å²) in [5.41, 5.74) is 1.06. The molecule has 20 heavy (non-hydrogen) atoms. The molecule has 0 aliphatic carbocycles. The Morgan fingerprint density at radius 1 is 1.20 bits per heavy atom. The minimum absolute atomic E-state index is 0.206. The van der Waals surface area contributed by atoms with E-state index in [1.54, 1.807) is 24.3 Å². The lowest BCUT2D eigenvalue weighted by molar-refractivity contribution is -0.118. The molecule has 4 nitrogen and oxygen atoms in total. The maximum absolute atomic E-state index is 13.2. The smallest absolute Gasteiger partial charge is 0.262 e. The highest BCUT2D eigenvalue weighted by Gasteiger charge is 2.05. The summed E-state index contributed by atoms with van der Waals surface area (Å²) in [5, 5.41) is 11.6.